The van der Waals surface area contributed by atoms with Crippen LogP contribution < -0.4 is 0 Å². The number of rotatable bonds is 5. The van der Waals surface area contributed by atoms with Crippen LogP contribution >= 0.6 is 11.3 Å². The monoisotopic (exact) mass is 526 g/mol. The summed E-state index contributed by atoms with van der Waals surface area (Å²) in [7, 11) is 0. The number of hydrogen-bond acceptors (Lipinski definition) is 5. The van der Waals surface area contributed by atoms with Crippen LogP contribution in [0, 0.1) is 6.92 Å². The zero-order valence-electron chi connectivity index (χ0n) is 20.6. The van der Waals surface area contributed by atoms with Gasteiger partial charge in [-0.15, -0.1) is 11.3 Å². The molecule has 0 unspecified atom stereocenters. The van der Waals surface area contributed by atoms with E-state index in [1.54, 1.807) is 34.8 Å². The maximum Gasteiger partial charge on any atom is 0.261 e. The second-order valence-corrected chi connectivity index (χ2v) is 11.2. The lowest BCUT2D eigenvalue weighted by atomic mass is 10.1. The van der Waals surface area contributed by atoms with Crippen LogP contribution in [0.5, 0.6) is 0 Å². The number of fused-ring (bicyclic) bond motifs is 2. The Labute approximate surface area is 221 Å². The summed E-state index contributed by atoms with van der Waals surface area (Å²) in [6, 6.07) is 16.8. The van der Waals surface area contributed by atoms with Crippen molar-refractivity contribution in [1.82, 2.24) is 30.0 Å². The minimum atomic E-state index is -2.61. The summed E-state index contributed by atoms with van der Waals surface area (Å²) < 4.78 is 27.3. The molecular formula is C29H24F2N6S. The third-order valence-corrected chi connectivity index (χ3v) is 8.16. The highest BCUT2D eigenvalue weighted by Gasteiger charge is 2.37. The zero-order valence-corrected chi connectivity index (χ0v) is 21.4. The largest absolute Gasteiger partial charge is 0.353 e. The molecular weight excluding hydrogens is 502 g/mol. The first-order valence-corrected chi connectivity index (χ1v) is 13.3. The summed E-state index contributed by atoms with van der Waals surface area (Å²) in [5.74, 6) is -2.61. The van der Waals surface area contributed by atoms with E-state index in [2.05, 4.69) is 74.5 Å². The molecule has 0 amide bonds. The second kappa shape index (κ2) is 8.82. The van der Waals surface area contributed by atoms with E-state index in [-0.39, 0.29) is 13.0 Å². The number of likely N-dealkylation sites (tertiary alicyclic amines) is 1. The van der Waals surface area contributed by atoms with E-state index in [4.69, 9.17) is 0 Å². The highest BCUT2D eigenvalue weighted by Crippen LogP contribution is 2.37. The molecule has 0 radical (unpaired) electrons. The molecule has 1 aromatic carbocycles. The van der Waals surface area contributed by atoms with E-state index < -0.39 is 5.92 Å². The molecule has 0 atom stereocenters. The number of nitrogens with one attached hydrogen (secondary N) is 2. The van der Waals surface area contributed by atoms with E-state index in [1.807, 2.05) is 6.07 Å². The molecule has 6 heterocycles. The van der Waals surface area contributed by atoms with Gasteiger partial charge in [0.15, 0.2) is 5.65 Å². The molecule has 0 bridgehead atoms. The summed E-state index contributed by atoms with van der Waals surface area (Å²) in [6.07, 6.45) is 5.22. The number of aryl methyl sites for hydroxylation is 1. The van der Waals surface area contributed by atoms with Crippen molar-refractivity contribution in [1.29, 1.82) is 0 Å². The van der Waals surface area contributed by atoms with Gasteiger partial charge in [-0.25, -0.2) is 13.8 Å². The Kier molecular flexibility index (Phi) is 5.38. The quantitative estimate of drug-likeness (QED) is 0.253. The Bertz CT molecular complexity index is 1800. The van der Waals surface area contributed by atoms with Gasteiger partial charge in [0.05, 0.1) is 12.2 Å². The first kappa shape index (κ1) is 23.2. The third-order valence-electron chi connectivity index (χ3n) is 7.12. The summed E-state index contributed by atoms with van der Waals surface area (Å²) in [5.41, 5.74) is 7.33. The van der Waals surface area contributed by atoms with Crippen molar-refractivity contribution >= 4 is 33.3 Å². The molecule has 5 aromatic heterocycles. The zero-order chi connectivity index (χ0) is 25.9. The smallest absolute Gasteiger partial charge is 0.261 e. The van der Waals surface area contributed by atoms with Crippen LogP contribution in [0.2, 0.25) is 0 Å². The number of nitrogens with zero attached hydrogens (tertiary/aromatic N) is 4. The van der Waals surface area contributed by atoms with Crippen LogP contribution in [-0.2, 0) is 6.54 Å². The topological polar surface area (TPSA) is 73.5 Å². The van der Waals surface area contributed by atoms with Crippen LogP contribution in [0.3, 0.4) is 0 Å². The molecule has 2 N–H and O–H groups in total. The Morgan fingerprint density at radius 1 is 1.03 bits per heavy atom. The average molecular weight is 527 g/mol. The molecule has 6 aromatic rings. The van der Waals surface area contributed by atoms with E-state index in [0.717, 1.165) is 44.4 Å². The maximum absolute atomic E-state index is 13.6. The van der Waals surface area contributed by atoms with Gasteiger partial charge in [-0.05, 0) is 48.9 Å². The summed E-state index contributed by atoms with van der Waals surface area (Å²) in [5, 5.41) is 9.69. The van der Waals surface area contributed by atoms with Gasteiger partial charge in [0.1, 0.15) is 5.69 Å². The van der Waals surface area contributed by atoms with Crippen LogP contribution in [0.15, 0.2) is 67.1 Å². The van der Waals surface area contributed by atoms with Gasteiger partial charge in [-0.3, -0.25) is 15.0 Å². The van der Waals surface area contributed by atoms with Crippen LogP contribution in [0.25, 0.3) is 54.9 Å². The molecule has 6 nitrogen and oxygen atoms in total. The Balaban J connectivity index is 1.24. The third kappa shape index (κ3) is 4.17. The molecule has 190 valence electrons. The van der Waals surface area contributed by atoms with Gasteiger partial charge in [-0.2, -0.15) is 5.10 Å². The number of hydrogen-bond donors (Lipinski definition) is 2. The van der Waals surface area contributed by atoms with Crippen molar-refractivity contribution in [2.24, 2.45) is 0 Å². The number of H-pyrrole nitrogens is 2. The Hall–Kier alpha value is -3.95. The van der Waals surface area contributed by atoms with E-state index >= 15 is 0 Å². The van der Waals surface area contributed by atoms with Crippen molar-refractivity contribution in [2.75, 3.05) is 13.1 Å². The fourth-order valence-electron chi connectivity index (χ4n) is 5.28. The minimum absolute atomic E-state index is 0.0911. The molecule has 0 aliphatic carbocycles. The number of thiophene rings is 1. The van der Waals surface area contributed by atoms with Gasteiger partial charge in [0.2, 0.25) is 0 Å². The molecule has 9 heteroatoms. The number of aromatic amines is 2. The first-order chi connectivity index (χ1) is 18.4. The maximum atomic E-state index is 13.6. The lowest BCUT2D eigenvalue weighted by molar-refractivity contribution is 0.0115. The van der Waals surface area contributed by atoms with Gasteiger partial charge >= 0.3 is 0 Å². The number of benzene rings is 1. The predicted molar refractivity (Wildman–Crippen MR) is 147 cm³/mol. The van der Waals surface area contributed by atoms with Crippen molar-refractivity contribution < 1.29 is 8.78 Å². The average Bonchev–Trinajstić information content (AvgIpc) is 3.69. The van der Waals surface area contributed by atoms with Crippen LogP contribution in [-0.4, -0.2) is 49.1 Å². The number of aromatic nitrogens is 5. The SMILES string of the molecule is Cc1ccc(-c2cccc3[nH]c(-c4n[nH]c5ncc(-c6cncc(CN7CCC(F)(F)C7)c6)cc45)cc23)s1. The van der Waals surface area contributed by atoms with Gasteiger partial charge in [-0.1, -0.05) is 12.1 Å². The fourth-order valence-corrected chi connectivity index (χ4v) is 6.18. The van der Waals surface area contributed by atoms with Gasteiger partial charge in [0.25, 0.3) is 5.92 Å². The molecule has 1 saturated heterocycles. The van der Waals surface area contributed by atoms with E-state index in [0.29, 0.717) is 18.7 Å². The number of pyridine rings is 2. The highest BCUT2D eigenvalue weighted by atomic mass is 32.1. The van der Waals surface area contributed by atoms with E-state index in [9.17, 15) is 8.78 Å². The Morgan fingerprint density at radius 3 is 2.74 bits per heavy atom. The molecule has 1 aliphatic rings. The van der Waals surface area contributed by atoms with Crippen molar-refractivity contribution in [2.45, 2.75) is 25.8 Å². The summed E-state index contributed by atoms with van der Waals surface area (Å²) in [4.78, 5) is 16.8. The molecule has 38 heavy (non-hydrogen) atoms. The van der Waals surface area contributed by atoms with Crippen LogP contribution in [0.4, 0.5) is 8.78 Å². The normalized spacial score (nSPS) is 15.7. The molecule has 7 rings (SSSR count). The lowest BCUT2D eigenvalue weighted by Gasteiger charge is -2.15. The van der Waals surface area contributed by atoms with Crippen molar-refractivity contribution in [3.8, 4) is 33.0 Å². The predicted octanol–water partition coefficient (Wildman–Crippen LogP) is 7.05. The molecule has 1 aliphatic heterocycles. The fraction of sp³-hybridized carbons (Fsp3) is 0.207. The molecule has 0 spiro atoms. The van der Waals surface area contributed by atoms with Gasteiger partial charge in [0, 0.05) is 80.8 Å². The lowest BCUT2D eigenvalue weighted by Crippen LogP contribution is -2.24. The Morgan fingerprint density at radius 2 is 1.92 bits per heavy atom. The van der Waals surface area contributed by atoms with Crippen LogP contribution in [0.1, 0.15) is 16.9 Å². The summed E-state index contributed by atoms with van der Waals surface area (Å²) >= 11 is 1.78. The van der Waals surface area contributed by atoms with Crippen molar-refractivity contribution in [3.05, 3.63) is 77.6 Å². The summed E-state index contributed by atoms with van der Waals surface area (Å²) in [6.45, 7) is 2.75. The highest BCUT2D eigenvalue weighted by molar-refractivity contribution is 7.15. The van der Waals surface area contributed by atoms with Gasteiger partial charge < -0.3 is 4.98 Å². The molecule has 0 saturated carbocycles. The first-order valence-electron chi connectivity index (χ1n) is 12.5. The number of alkyl halides is 2. The van der Waals surface area contributed by atoms with E-state index in [1.165, 1.54) is 15.3 Å². The molecule has 1 fully saturated rings. The van der Waals surface area contributed by atoms with Crippen molar-refractivity contribution in [3.63, 3.8) is 0 Å². The standard InChI is InChI=1S/C29H24F2N6S/c1-17-5-6-26(38-17)21-3-2-4-24-22(21)11-25(34-24)27-23-10-20(14-33-28(23)36-35-27)19-9-18(12-32-13-19)15-37-8-7-29(30,31)16-37/h2-6,9-14,34H,7-8,15-16H2,1H3,(H,33,35,36). The number of halogens is 2. The minimum Gasteiger partial charge on any atom is -0.353 e. The second-order valence-electron chi connectivity index (χ2n) is 9.95.